The summed E-state index contributed by atoms with van der Waals surface area (Å²) >= 11 is 0. The first-order chi connectivity index (χ1) is 10.9. The van der Waals surface area contributed by atoms with Crippen molar-refractivity contribution in [2.24, 2.45) is 40.4 Å². The quantitative estimate of drug-likeness (QED) is 0.686. The Morgan fingerprint density at radius 2 is 1.68 bits per heavy atom. The first-order valence-electron chi connectivity index (χ1n) is 10.5. The summed E-state index contributed by atoms with van der Waals surface area (Å²) in [5.74, 6) is 4.08. The van der Waals surface area contributed by atoms with Gasteiger partial charge in [0.1, 0.15) is 0 Å². The lowest BCUT2D eigenvalue weighted by molar-refractivity contribution is -0.126. The van der Waals surface area contributed by atoms with Crippen LogP contribution in [0.1, 0.15) is 86.3 Å². The fourth-order valence-electron chi connectivity index (χ4n) is 7.82. The van der Waals surface area contributed by atoms with Crippen LogP contribution < -0.4 is 0 Å². The number of hydrogen-bond donors (Lipinski definition) is 1. The summed E-state index contributed by atoms with van der Waals surface area (Å²) in [6.07, 6.45) is 11.6. The van der Waals surface area contributed by atoms with E-state index in [-0.39, 0.29) is 12.5 Å². The van der Waals surface area contributed by atoms with Crippen LogP contribution in [-0.4, -0.2) is 11.2 Å². The Bertz CT molecular complexity index is 463. The average Bonchev–Trinajstić information content (AvgIpc) is 2.85. The highest BCUT2D eigenvalue weighted by atomic mass is 16.3. The second-order valence-corrected chi connectivity index (χ2v) is 9.65. The highest BCUT2D eigenvalue weighted by Gasteiger charge is 2.59. The zero-order chi connectivity index (χ0) is 16.4. The zero-order valence-corrected chi connectivity index (χ0v) is 14.9. The maximum absolute atomic E-state index is 10.1. The number of rotatable bonds is 1. The molecule has 1 N–H and O–H groups in total. The minimum atomic E-state index is -0.0292. The SMILES string of the molecule is [2H]C(C)[C@H]1CC[C@H]2[C@@H]3CCC4CC(O)CC[C@]4(C)[C@H]3CC[C@]12C. The van der Waals surface area contributed by atoms with E-state index in [4.69, 9.17) is 1.37 Å². The van der Waals surface area contributed by atoms with Gasteiger partial charge in [0.15, 0.2) is 0 Å². The minimum absolute atomic E-state index is 0.0292. The van der Waals surface area contributed by atoms with Crippen LogP contribution in [0.5, 0.6) is 0 Å². The molecular weight excluding hydrogens is 268 g/mol. The van der Waals surface area contributed by atoms with E-state index in [1.165, 1.54) is 44.9 Å². The molecule has 0 aromatic carbocycles. The zero-order valence-electron chi connectivity index (χ0n) is 15.9. The Hall–Kier alpha value is -0.0400. The highest BCUT2D eigenvalue weighted by molar-refractivity contribution is 5.08. The second kappa shape index (κ2) is 5.23. The third-order valence-corrected chi connectivity index (χ3v) is 9.11. The van der Waals surface area contributed by atoms with Crippen LogP contribution in [0.4, 0.5) is 0 Å². The summed E-state index contributed by atoms with van der Waals surface area (Å²) in [6.45, 7) is 7.24. The molecule has 9 atom stereocenters. The number of hydrogen-bond acceptors (Lipinski definition) is 1. The molecule has 0 radical (unpaired) electrons. The topological polar surface area (TPSA) is 20.2 Å². The van der Waals surface area contributed by atoms with Crippen LogP contribution in [0.2, 0.25) is 0 Å². The highest BCUT2D eigenvalue weighted by Crippen LogP contribution is 2.67. The third kappa shape index (κ3) is 2.00. The van der Waals surface area contributed by atoms with Crippen molar-refractivity contribution >= 4 is 0 Å². The fraction of sp³-hybridized carbons (Fsp3) is 1.00. The predicted molar refractivity (Wildman–Crippen MR) is 91.5 cm³/mol. The Balaban J connectivity index is 1.60. The van der Waals surface area contributed by atoms with Gasteiger partial charge in [-0.25, -0.2) is 0 Å². The van der Waals surface area contributed by atoms with Gasteiger partial charge >= 0.3 is 0 Å². The Morgan fingerprint density at radius 3 is 2.45 bits per heavy atom. The van der Waals surface area contributed by atoms with Crippen molar-refractivity contribution in [1.29, 1.82) is 0 Å². The number of fused-ring (bicyclic) bond motifs is 5. The smallest absolute Gasteiger partial charge is 0.0543 e. The molecule has 4 saturated carbocycles. The van der Waals surface area contributed by atoms with Crippen molar-refractivity contribution in [3.05, 3.63) is 0 Å². The summed E-state index contributed by atoms with van der Waals surface area (Å²) in [7, 11) is 0. The molecule has 0 heterocycles. The van der Waals surface area contributed by atoms with E-state index in [0.29, 0.717) is 16.7 Å². The summed E-state index contributed by atoms with van der Waals surface area (Å²) in [4.78, 5) is 0. The molecule has 22 heavy (non-hydrogen) atoms. The van der Waals surface area contributed by atoms with E-state index < -0.39 is 0 Å². The number of aliphatic hydroxyl groups excluding tert-OH is 1. The molecule has 1 heteroatoms. The monoisotopic (exact) mass is 305 g/mol. The molecule has 4 aliphatic rings. The lowest BCUT2D eigenvalue weighted by atomic mass is 9.44. The molecule has 4 rings (SSSR count). The Labute approximate surface area is 138 Å². The van der Waals surface area contributed by atoms with Gasteiger partial charge in [-0.2, -0.15) is 0 Å². The third-order valence-electron chi connectivity index (χ3n) is 9.11. The molecule has 4 aliphatic carbocycles. The van der Waals surface area contributed by atoms with Gasteiger partial charge in [0.05, 0.1) is 6.10 Å². The molecule has 0 bridgehead atoms. The first kappa shape index (κ1) is 14.3. The Kier molecular flexibility index (Phi) is 3.40. The van der Waals surface area contributed by atoms with E-state index in [9.17, 15) is 5.11 Å². The van der Waals surface area contributed by atoms with Gasteiger partial charge in [0, 0.05) is 1.37 Å². The van der Waals surface area contributed by atoms with E-state index in [1.54, 1.807) is 0 Å². The number of aliphatic hydroxyl groups is 1. The summed E-state index contributed by atoms with van der Waals surface area (Å²) < 4.78 is 8.33. The lowest BCUT2D eigenvalue weighted by Crippen LogP contribution is -2.53. The van der Waals surface area contributed by atoms with E-state index in [0.717, 1.165) is 36.5 Å². The summed E-state index contributed by atoms with van der Waals surface area (Å²) in [5.41, 5.74) is 0.938. The molecule has 126 valence electrons. The van der Waals surface area contributed by atoms with Gasteiger partial charge in [-0.05, 0) is 98.2 Å². The maximum Gasteiger partial charge on any atom is 0.0543 e. The average molecular weight is 306 g/mol. The molecule has 0 aliphatic heterocycles. The van der Waals surface area contributed by atoms with Gasteiger partial charge in [-0.1, -0.05) is 27.2 Å². The summed E-state index contributed by atoms with van der Waals surface area (Å²) in [5, 5.41) is 10.1. The van der Waals surface area contributed by atoms with Crippen molar-refractivity contribution < 1.29 is 6.48 Å². The lowest BCUT2D eigenvalue weighted by Gasteiger charge is -2.61. The van der Waals surface area contributed by atoms with Gasteiger partial charge in [0.2, 0.25) is 0 Å². The van der Waals surface area contributed by atoms with Crippen molar-refractivity contribution in [3.63, 3.8) is 0 Å². The molecule has 0 saturated heterocycles. The van der Waals surface area contributed by atoms with Crippen molar-refractivity contribution in [3.8, 4) is 0 Å². The largest absolute Gasteiger partial charge is 0.393 e. The van der Waals surface area contributed by atoms with Crippen LogP contribution in [-0.2, 0) is 0 Å². The van der Waals surface area contributed by atoms with Crippen LogP contribution in [0.25, 0.3) is 0 Å². The van der Waals surface area contributed by atoms with Gasteiger partial charge in [-0.15, -0.1) is 0 Å². The van der Waals surface area contributed by atoms with Crippen molar-refractivity contribution in [2.75, 3.05) is 0 Å². The molecule has 4 fully saturated rings. The Morgan fingerprint density at radius 1 is 0.955 bits per heavy atom. The van der Waals surface area contributed by atoms with Crippen LogP contribution in [0, 0.1) is 40.4 Å². The molecule has 0 aromatic rings. The summed E-state index contributed by atoms with van der Waals surface area (Å²) in [6, 6.07) is 0. The molecule has 3 unspecified atom stereocenters. The van der Waals surface area contributed by atoms with Gasteiger partial charge in [-0.3, -0.25) is 0 Å². The molecule has 0 spiro atoms. The molecule has 0 amide bonds. The standard InChI is InChI=1S/C21H36O/c1-4-14-6-8-18-17-7-5-15-13-16(22)9-11-21(15,3)19(17)10-12-20(14,18)2/h14-19,22H,4-13H2,1-3H3/t14-,15?,16?,17-,18-,19-,20+,21-/m0/s1/i4D/t4?,14-,15?,16?,17-,18-,19-,20+,21-. The predicted octanol–water partition coefficient (Wildman–Crippen LogP) is 5.42. The molecular formula is C21H36O. The van der Waals surface area contributed by atoms with Gasteiger partial charge in [0.25, 0.3) is 0 Å². The van der Waals surface area contributed by atoms with Crippen LogP contribution in [0.3, 0.4) is 0 Å². The van der Waals surface area contributed by atoms with Crippen molar-refractivity contribution in [1.82, 2.24) is 0 Å². The fourth-order valence-corrected chi connectivity index (χ4v) is 7.82. The second-order valence-electron chi connectivity index (χ2n) is 9.65. The molecule has 1 nitrogen and oxygen atoms in total. The van der Waals surface area contributed by atoms with Gasteiger partial charge < -0.3 is 5.11 Å². The first-order valence-corrected chi connectivity index (χ1v) is 9.96. The van der Waals surface area contributed by atoms with E-state index in [2.05, 4.69) is 20.8 Å². The van der Waals surface area contributed by atoms with Crippen LogP contribution in [0.15, 0.2) is 0 Å². The normalized spacial score (nSPS) is 59.9. The van der Waals surface area contributed by atoms with E-state index in [1.807, 2.05) is 0 Å². The van der Waals surface area contributed by atoms with Crippen molar-refractivity contribution in [2.45, 2.75) is 91.1 Å². The minimum Gasteiger partial charge on any atom is -0.393 e. The maximum atomic E-state index is 10.1. The van der Waals surface area contributed by atoms with Crippen LogP contribution >= 0.6 is 0 Å². The molecule has 0 aromatic heterocycles. The van der Waals surface area contributed by atoms with E-state index >= 15 is 0 Å².